The highest BCUT2D eigenvalue weighted by Crippen LogP contribution is 2.13. The van der Waals surface area contributed by atoms with Crippen molar-refractivity contribution in [3.63, 3.8) is 0 Å². The van der Waals surface area contributed by atoms with Crippen LogP contribution in [-0.4, -0.2) is 37.0 Å². The Balaban J connectivity index is 2.42. The third-order valence-corrected chi connectivity index (χ3v) is 2.26. The summed E-state index contributed by atoms with van der Waals surface area (Å²) >= 11 is 0. The quantitative estimate of drug-likeness (QED) is 0.650. The third-order valence-electron chi connectivity index (χ3n) is 2.26. The first kappa shape index (κ1) is 9.52. The number of likely N-dealkylation sites (tertiary alicyclic amines) is 1. The van der Waals surface area contributed by atoms with Crippen LogP contribution >= 0.6 is 0 Å². The topological polar surface area (TPSA) is 32.3 Å². The van der Waals surface area contributed by atoms with Crippen molar-refractivity contribution < 1.29 is 4.79 Å². The number of carbonyl (C=O) groups is 1. The second-order valence-electron chi connectivity index (χ2n) is 3.20. The first-order valence-electron chi connectivity index (χ1n) is 4.55. The fourth-order valence-electron chi connectivity index (χ4n) is 1.51. The number of hydrogen-bond donors (Lipinski definition) is 1. The summed E-state index contributed by atoms with van der Waals surface area (Å²) in [6.45, 7) is 3.68. The molecule has 0 saturated carbocycles. The molecule has 3 heteroatoms. The summed E-state index contributed by atoms with van der Waals surface area (Å²) < 4.78 is 0. The normalized spacial score (nSPS) is 25.3. The summed E-state index contributed by atoms with van der Waals surface area (Å²) in [4.78, 5) is 13.6. The van der Waals surface area contributed by atoms with E-state index in [2.05, 4.69) is 16.6 Å². The molecule has 3 nitrogen and oxygen atoms in total. The molecule has 1 heterocycles. The van der Waals surface area contributed by atoms with Crippen molar-refractivity contribution in [2.45, 2.75) is 25.8 Å². The van der Waals surface area contributed by atoms with Crippen molar-refractivity contribution in [2.75, 3.05) is 20.1 Å². The second-order valence-corrected chi connectivity index (χ2v) is 3.20. The van der Waals surface area contributed by atoms with Crippen LogP contribution in [0.1, 0.15) is 19.8 Å². The number of nitrogens with one attached hydrogen (secondary N) is 1. The standard InChI is InChI=1S/C9H17N2O/c1-3-10-9(12)8-6-4-5-7-11(8)2/h4,8H,3,5-7H2,1-2H3,(H,10,12). The number of amides is 1. The Hall–Kier alpha value is -0.570. The molecule has 12 heavy (non-hydrogen) atoms. The van der Waals surface area contributed by atoms with Gasteiger partial charge in [-0.25, -0.2) is 0 Å². The van der Waals surface area contributed by atoms with Crippen molar-refractivity contribution in [3.05, 3.63) is 6.42 Å². The maximum Gasteiger partial charge on any atom is 0.237 e. The van der Waals surface area contributed by atoms with Crippen LogP contribution in [0.2, 0.25) is 0 Å². The molecule has 0 aliphatic carbocycles. The monoisotopic (exact) mass is 169 g/mol. The van der Waals surface area contributed by atoms with Gasteiger partial charge in [-0.05, 0) is 39.8 Å². The summed E-state index contributed by atoms with van der Waals surface area (Å²) in [5.41, 5.74) is 0. The molecule has 1 saturated heterocycles. The minimum Gasteiger partial charge on any atom is -0.355 e. The van der Waals surface area contributed by atoms with Gasteiger partial charge < -0.3 is 5.32 Å². The van der Waals surface area contributed by atoms with Crippen LogP contribution < -0.4 is 5.32 Å². The van der Waals surface area contributed by atoms with Crippen LogP contribution in [0.4, 0.5) is 0 Å². The minimum atomic E-state index is 0.0682. The van der Waals surface area contributed by atoms with Gasteiger partial charge in [0.15, 0.2) is 0 Å². The van der Waals surface area contributed by atoms with Crippen LogP contribution in [0.25, 0.3) is 0 Å². The number of piperidine rings is 1. The molecule has 1 amide bonds. The fourth-order valence-corrected chi connectivity index (χ4v) is 1.51. The van der Waals surface area contributed by atoms with Gasteiger partial charge in [-0.15, -0.1) is 0 Å². The van der Waals surface area contributed by atoms with Crippen LogP contribution in [0, 0.1) is 6.42 Å². The number of carbonyl (C=O) groups excluding carboxylic acids is 1. The molecule has 0 bridgehead atoms. The largest absolute Gasteiger partial charge is 0.355 e. The lowest BCUT2D eigenvalue weighted by Crippen LogP contribution is -2.47. The van der Waals surface area contributed by atoms with E-state index in [9.17, 15) is 4.79 Å². The molecule has 0 aromatic carbocycles. The van der Waals surface area contributed by atoms with Gasteiger partial charge in [0.05, 0.1) is 6.04 Å². The van der Waals surface area contributed by atoms with Gasteiger partial charge in [-0.2, -0.15) is 0 Å². The number of hydrogen-bond acceptors (Lipinski definition) is 2. The first-order chi connectivity index (χ1) is 5.75. The van der Waals surface area contributed by atoms with Crippen LogP contribution in [0.15, 0.2) is 0 Å². The average molecular weight is 169 g/mol. The smallest absolute Gasteiger partial charge is 0.237 e. The lowest BCUT2D eigenvalue weighted by atomic mass is 10.0. The second kappa shape index (κ2) is 4.45. The van der Waals surface area contributed by atoms with Crippen molar-refractivity contribution >= 4 is 5.91 Å². The molecule has 0 spiro atoms. The van der Waals surface area contributed by atoms with E-state index in [0.29, 0.717) is 0 Å². The molecule has 1 rings (SSSR count). The van der Waals surface area contributed by atoms with Gasteiger partial charge in [-0.1, -0.05) is 0 Å². The predicted octanol–water partition coefficient (Wildman–Crippen LogP) is 0.421. The Bertz CT molecular complexity index is 159. The average Bonchev–Trinajstić information content (AvgIpc) is 2.05. The highest BCUT2D eigenvalue weighted by atomic mass is 16.2. The van der Waals surface area contributed by atoms with Gasteiger partial charge in [0.25, 0.3) is 0 Å². The molecule has 69 valence electrons. The zero-order valence-corrected chi connectivity index (χ0v) is 7.84. The molecule has 1 fully saturated rings. The molecular weight excluding hydrogens is 152 g/mol. The zero-order valence-electron chi connectivity index (χ0n) is 7.84. The van der Waals surface area contributed by atoms with E-state index in [4.69, 9.17) is 0 Å². The molecule has 1 unspecified atom stereocenters. The van der Waals surface area contributed by atoms with E-state index in [1.807, 2.05) is 14.0 Å². The summed E-state index contributed by atoms with van der Waals surface area (Å²) in [6, 6.07) is 0.0682. The zero-order chi connectivity index (χ0) is 8.97. The van der Waals surface area contributed by atoms with E-state index in [0.717, 1.165) is 25.9 Å². The summed E-state index contributed by atoms with van der Waals surface area (Å²) in [5, 5.41) is 2.85. The summed E-state index contributed by atoms with van der Waals surface area (Å²) in [6.07, 6.45) is 4.19. The van der Waals surface area contributed by atoms with Gasteiger partial charge in [0, 0.05) is 6.54 Å². The Kier molecular flexibility index (Phi) is 3.53. The Labute approximate surface area is 74.1 Å². The van der Waals surface area contributed by atoms with Crippen molar-refractivity contribution in [1.29, 1.82) is 0 Å². The molecular formula is C9H17N2O. The molecule has 1 aliphatic heterocycles. The number of nitrogens with zero attached hydrogens (tertiary/aromatic N) is 1. The molecule has 1 aliphatic rings. The fraction of sp³-hybridized carbons (Fsp3) is 0.778. The van der Waals surface area contributed by atoms with E-state index < -0.39 is 0 Å². The number of rotatable bonds is 2. The lowest BCUT2D eigenvalue weighted by Gasteiger charge is -2.30. The first-order valence-corrected chi connectivity index (χ1v) is 4.55. The Morgan fingerprint density at radius 2 is 2.50 bits per heavy atom. The van der Waals surface area contributed by atoms with E-state index in [-0.39, 0.29) is 11.9 Å². The third kappa shape index (κ3) is 2.21. The van der Waals surface area contributed by atoms with Gasteiger partial charge in [0.1, 0.15) is 0 Å². The highest BCUT2D eigenvalue weighted by molar-refractivity contribution is 5.81. The minimum absolute atomic E-state index is 0.0682. The van der Waals surface area contributed by atoms with Crippen LogP contribution in [-0.2, 0) is 4.79 Å². The van der Waals surface area contributed by atoms with Gasteiger partial charge in [-0.3, -0.25) is 9.69 Å². The SMILES string of the molecule is CCNC(=O)C1C[CH]CCN1C. The van der Waals surface area contributed by atoms with Crippen LogP contribution in [0.3, 0.4) is 0 Å². The van der Waals surface area contributed by atoms with Crippen molar-refractivity contribution in [1.82, 2.24) is 10.2 Å². The van der Waals surface area contributed by atoms with Gasteiger partial charge in [0.2, 0.25) is 5.91 Å². The lowest BCUT2D eigenvalue weighted by molar-refractivity contribution is -0.126. The van der Waals surface area contributed by atoms with E-state index in [1.54, 1.807) is 0 Å². The summed E-state index contributed by atoms with van der Waals surface area (Å²) in [7, 11) is 2.01. The maximum atomic E-state index is 11.4. The van der Waals surface area contributed by atoms with E-state index >= 15 is 0 Å². The number of likely N-dealkylation sites (N-methyl/N-ethyl adjacent to an activating group) is 2. The van der Waals surface area contributed by atoms with E-state index in [1.165, 1.54) is 0 Å². The Morgan fingerprint density at radius 3 is 3.08 bits per heavy atom. The predicted molar refractivity (Wildman–Crippen MR) is 48.6 cm³/mol. The van der Waals surface area contributed by atoms with Crippen LogP contribution in [0.5, 0.6) is 0 Å². The molecule has 1 N–H and O–H groups in total. The van der Waals surface area contributed by atoms with Crippen molar-refractivity contribution in [3.8, 4) is 0 Å². The summed E-state index contributed by atoms with van der Waals surface area (Å²) in [5.74, 6) is 0.163. The molecule has 0 aromatic rings. The maximum absolute atomic E-state index is 11.4. The molecule has 1 radical (unpaired) electrons. The molecule has 1 atom stereocenters. The molecule has 0 aromatic heterocycles. The highest BCUT2D eigenvalue weighted by Gasteiger charge is 2.24. The Morgan fingerprint density at radius 1 is 1.75 bits per heavy atom. The van der Waals surface area contributed by atoms with Gasteiger partial charge >= 0.3 is 0 Å². The van der Waals surface area contributed by atoms with Crippen molar-refractivity contribution in [2.24, 2.45) is 0 Å².